The predicted octanol–water partition coefficient (Wildman–Crippen LogP) is 6.08. The van der Waals surface area contributed by atoms with Crippen LogP contribution in [-0.4, -0.2) is 49.9 Å². The number of amides is 2. The third-order valence-corrected chi connectivity index (χ3v) is 8.33. The van der Waals surface area contributed by atoms with E-state index in [0.717, 1.165) is 35.7 Å². The number of hydrogen-bond donors (Lipinski definition) is 2. The molecule has 13 heteroatoms. The number of imidazole rings is 1. The number of alkyl halides is 3. The van der Waals surface area contributed by atoms with Gasteiger partial charge in [0.25, 0.3) is 5.56 Å². The van der Waals surface area contributed by atoms with Crippen LogP contribution >= 0.6 is 0 Å². The Morgan fingerprint density at radius 1 is 0.978 bits per heavy atom. The number of hydrogen-bond acceptors (Lipinski definition) is 4. The molecule has 0 spiro atoms. The van der Waals surface area contributed by atoms with Gasteiger partial charge in [-0.25, -0.2) is 23.7 Å². The summed E-state index contributed by atoms with van der Waals surface area (Å²) in [4.78, 5) is 28.9. The minimum Gasteiger partial charge on any atom is -0.351 e. The number of piperidine rings is 1. The van der Waals surface area contributed by atoms with E-state index in [1.807, 2.05) is 36.4 Å². The second-order valence-electron chi connectivity index (χ2n) is 11.3. The summed E-state index contributed by atoms with van der Waals surface area (Å²) in [7, 11) is 0. The second-order valence-corrected chi connectivity index (χ2v) is 11.3. The molecule has 45 heavy (non-hydrogen) atoms. The largest absolute Gasteiger partial charge is 0.394 e. The molecule has 1 saturated heterocycles. The maximum Gasteiger partial charge on any atom is 0.394 e. The normalized spacial score (nSPS) is 17.2. The van der Waals surface area contributed by atoms with Gasteiger partial charge in [0, 0.05) is 55.0 Å². The summed E-state index contributed by atoms with van der Waals surface area (Å²) in [5.74, 6) is -1.52. The molecule has 1 unspecified atom stereocenters. The van der Waals surface area contributed by atoms with Crippen molar-refractivity contribution >= 4 is 6.03 Å². The van der Waals surface area contributed by atoms with Crippen LogP contribution < -0.4 is 11.3 Å². The van der Waals surface area contributed by atoms with Crippen LogP contribution in [-0.2, 0) is 19.4 Å². The smallest absolute Gasteiger partial charge is 0.351 e. The van der Waals surface area contributed by atoms with E-state index in [0.29, 0.717) is 38.2 Å². The molecule has 2 aromatic heterocycles. The molecule has 0 aliphatic carbocycles. The summed E-state index contributed by atoms with van der Waals surface area (Å²) < 4.78 is 67.0. The molecule has 2 amide bonds. The Kier molecular flexibility index (Phi) is 9.64. The third kappa shape index (κ3) is 7.76. The molecule has 4 heterocycles. The highest BCUT2D eigenvalue weighted by Crippen LogP contribution is 2.33. The molecule has 2 aromatic carbocycles. The molecule has 2 aliphatic heterocycles. The molecule has 6 rings (SSSR count). The van der Waals surface area contributed by atoms with Gasteiger partial charge in [0.1, 0.15) is 5.82 Å². The summed E-state index contributed by atoms with van der Waals surface area (Å²) in [6.07, 6.45) is -0.910. The minimum atomic E-state index is -4.33. The minimum absolute atomic E-state index is 0.0659. The van der Waals surface area contributed by atoms with Crippen molar-refractivity contribution in [2.24, 2.45) is 5.73 Å². The Hall–Kier alpha value is -4.55. The topological polar surface area (TPSA) is 110 Å². The van der Waals surface area contributed by atoms with E-state index in [9.17, 15) is 31.5 Å². The number of benzene rings is 2. The Balaban J connectivity index is 0.000000178. The third-order valence-electron chi connectivity index (χ3n) is 8.33. The number of nitrogens with zero attached hydrogens (tertiary/aromatic N) is 4. The zero-order chi connectivity index (χ0) is 32.1. The maximum atomic E-state index is 14.0. The van der Waals surface area contributed by atoms with Gasteiger partial charge >= 0.3 is 12.2 Å². The Morgan fingerprint density at radius 2 is 1.71 bits per heavy atom. The quantitative estimate of drug-likeness (QED) is 0.267. The van der Waals surface area contributed by atoms with E-state index in [-0.39, 0.29) is 35.2 Å². The lowest BCUT2D eigenvalue weighted by atomic mass is 9.90. The first kappa shape index (κ1) is 31.9. The molecule has 0 saturated carbocycles. The number of nitrogens with two attached hydrogens (primary N) is 1. The van der Waals surface area contributed by atoms with Gasteiger partial charge in [0.2, 0.25) is 0 Å². The van der Waals surface area contributed by atoms with Crippen molar-refractivity contribution in [3.8, 4) is 11.3 Å². The molecular formula is C32H33F5N6O2. The standard InChI is InChI=1S/C16H15F5N2.C16H18N4O2/c17-13-5-2-4-12(15(13)18)10-3-1-6-14-22-8-11(23(14)9-10)7-16(19,20)21;17-16(22)20-8-6-11(7-9-20)13-10-14(18-19-15(13)21)12-4-2-1-3-5-12/h2,4-5,8,10H,1,3,6-7,9H2;1-5,10-11H,6-9H2,(H2,17,22)(H,19,21). The first-order valence-electron chi connectivity index (χ1n) is 14.7. The predicted molar refractivity (Wildman–Crippen MR) is 157 cm³/mol. The van der Waals surface area contributed by atoms with Crippen molar-refractivity contribution in [1.82, 2.24) is 24.6 Å². The number of carbonyl (C=O) groups excluding carboxylic acids is 1. The molecule has 1 atom stereocenters. The van der Waals surface area contributed by atoms with Gasteiger partial charge in [-0.05, 0) is 49.3 Å². The zero-order valence-electron chi connectivity index (χ0n) is 24.4. The summed E-state index contributed by atoms with van der Waals surface area (Å²) >= 11 is 0. The number of primary amides is 1. The summed E-state index contributed by atoms with van der Waals surface area (Å²) in [6.45, 7) is 1.35. The molecule has 4 aromatic rings. The number of halogens is 5. The highest BCUT2D eigenvalue weighted by atomic mass is 19.4. The van der Waals surface area contributed by atoms with Crippen LogP contribution in [0.5, 0.6) is 0 Å². The van der Waals surface area contributed by atoms with Crippen LogP contribution in [0.25, 0.3) is 11.3 Å². The number of likely N-dealkylation sites (tertiary alicyclic amines) is 1. The van der Waals surface area contributed by atoms with E-state index in [1.54, 1.807) is 4.90 Å². The summed E-state index contributed by atoms with van der Waals surface area (Å²) in [6, 6.07) is 15.1. The van der Waals surface area contributed by atoms with Crippen molar-refractivity contribution in [1.29, 1.82) is 0 Å². The number of rotatable bonds is 4. The van der Waals surface area contributed by atoms with Gasteiger partial charge in [0.15, 0.2) is 11.6 Å². The van der Waals surface area contributed by atoms with E-state index >= 15 is 0 Å². The number of aryl methyl sites for hydroxylation is 1. The fraction of sp³-hybridized carbons (Fsp3) is 0.375. The first-order valence-corrected chi connectivity index (χ1v) is 14.7. The average molecular weight is 629 g/mol. The van der Waals surface area contributed by atoms with Gasteiger partial charge in [-0.1, -0.05) is 42.5 Å². The molecule has 1 fully saturated rings. The molecule has 2 aliphatic rings. The van der Waals surface area contributed by atoms with Crippen molar-refractivity contribution in [2.75, 3.05) is 13.1 Å². The Bertz CT molecular complexity index is 1680. The van der Waals surface area contributed by atoms with Crippen LogP contribution in [0.2, 0.25) is 0 Å². The maximum absolute atomic E-state index is 14.0. The molecular weight excluding hydrogens is 595 g/mol. The van der Waals surface area contributed by atoms with E-state index in [2.05, 4.69) is 15.2 Å². The van der Waals surface area contributed by atoms with Crippen molar-refractivity contribution in [2.45, 2.75) is 63.1 Å². The number of fused-ring (bicyclic) bond motifs is 1. The number of aromatic amines is 1. The van der Waals surface area contributed by atoms with E-state index < -0.39 is 30.3 Å². The van der Waals surface area contributed by atoms with E-state index in [4.69, 9.17) is 5.73 Å². The fourth-order valence-electron chi connectivity index (χ4n) is 6.02. The lowest BCUT2D eigenvalue weighted by molar-refractivity contribution is -0.128. The monoisotopic (exact) mass is 628 g/mol. The second kappa shape index (κ2) is 13.6. The Morgan fingerprint density at radius 3 is 2.40 bits per heavy atom. The van der Waals surface area contributed by atoms with Gasteiger partial charge < -0.3 is 15.2 Å². The highest BCUT2D eigenvalue weighted by molar-refractivity contribution is 5.72. The number of carbonyl (C=O) groups is 1. The number of aromatic nitrogens is 4. The molecule has 238 valence electrons. The first-order chi connectivity index (χ1) is 21.5. The lowest BCUT2D eigenvalue weighted by Crippen LogP contribution is -2.41. The average Bonchev–Trinajstić information content (AvgIpc) is 3.24. The van der Waals surface area contributed by atoms with Gasteiger partial charge in [0.05, 0.1) is 12.1 Å². The van der Waals surface area contributed by atoms with E-state index in [1.165, 1.54) is 22.9 Å². The highest BCUT2D eigenvalue weighted by Gasteiger charge is 2.32. The fourth-order valence-corrected chi connectivity index (χ4v) is 6.02. The van der Waals surface area contributed by atoms with Gasteiger partial charge in [-0.3, -0.25) is 4.79 Å². The van der Waals surface area contributed by atoms with Crippen LogP contribution in [0.4, 0.5) is 26.7 Å². The van der Waals surface area contributed by atoms with Gasteiger partial charge in [-0.2, -0.15) is 18.3 Å². The van der Waals surface area contributed by atoms with Crippen LogP contribution in [0.15, 0.2) is 65.6 Å². The molecule has 0 radical (unpaired) electrons. The number of urea groups is 1. The SMILES string of the molecule is Fc1cccc(C2CCCc3ncc(CC(F)(F)F)n3C2)c1F.NC(=O)N1CCC(c2cc(-c3ccccc3)n[nH]c2=O)CC1. The van der Waals surface area contributed by atoms with Gasteiger partial charge in [-0.15, -0.1) is 0 Å². The number of H-pyrrole nitrogens is 1. The van der Waals surface area contributed by atoms with Crippen LogP contribution in [0.1, 0.15) is 60.2 Å². The molecule has 8 nitrogen and oxygen atoms in total. The molecule has 3 N–H and O–H groups in total. The summed E-state index contributed by atoms with van der Waals surface area (Å²) in [5, 5.41) is 6.71. The van der Waals surface area contributed by atoms with Crippen molar-refractivity contribution in [3.63, 3.8) is 0 Å². The number of nitrogens with one attached hydrogen (secondary N) is 1. The summed E-state index contributed by atoms with van der Waals surface area (Å²) in [5.41, 5.74) is 7.87. The molecule has 0 bridgehead atoms. The van der Waals surface area contributed by atoms with Crippen LogP contribution in [0, 0.1) is 11.6 Å². The Labute approximate surface area is 256 Å². The van der Waals surface area contributed by atoms with Crippen molar-refractivity contribution in [3.05, 3.63) is 105 Å². The van der Waals surface area contributed by atoms with Crippen molar-refractivity contribution < 1.29 is 26.7 Å². The zero-order valence-corrected chi connectivity index (χ0v) is 24.4. The lowest BCUT2D eigenvalue weighted by Gasteiger charge is -2.30. The van der Waals surface area contributed by atoms with Crippen LogP contribution in [0.3, 0.4) is 0 Å².